The van der Waals surface area contributed by atoms with Crippen LogP contribution in [0.2, 0.25) is 0 Å². The molecule has 0 aliphatic carbocycles. The lowest BCUT2D eigenvalue weighted by Crippen LogP contribution is -1.96. The molecule has 4 nitrogen and oxygen atoms in total. The molecule has 2 aromatic rings. The van der Waals surface area contributed by atoms with Gasteiger partial charge in [-0.25, -0.2) is 0 Å². The molecule has 0 fully saturated rings. The van der Waals surface area contributed by atoms with Crippen LogP contribution < -0.4 is 5.73 Å². The van der Waals surface area contributed by atoms with Gasteiger partial charge in [0.25, 0.3) is 0 Å². The van der Waals surface area contributed by atoms with E-state index in [2.05, 4.69) is 15.2 Å². The monoisotopic (exact) mass is 188 g/mol. The summed E-state index contributed by atoms with van der Waals surface area (Å²) in [5, 5.41) is 6.79. The van der Waals surface area contributed by atoms with Crippen LogP contribution in [0.3, 0.4) is 0 Å². The minimum atomic E-state index is 0.563. The lowest BCUT2D eigenvalue weighted by molar-refractivity contribution is 1.03. The number of nitrogens with two attached hydrogens (primary N) is 1. The summed E-state index contributed by atoms with van der Waals surface area (Å²) in [6.45, 7) is 1.96. The van der Waals surface area contributed by atoms with Gasteiger partial charge in [-0.3, -0.25) is 10.1 Å². The van der Waals surface area contributed by atoms with Crippen LogP contribution in [-0.2, 0) is 6.42 Å². The normalized spacial score (nSPS) is 10.4. The van der Waals surface area contributed by atoms with Crippen molar-refractivity contribution in [1.29, 1.82) is 0 Å². The molecule has 2 rings (SSSR count). The summed E-state index contributed by atoms with van der Waals surface area (Å²) in [6.07, 6.45) is 2.51. The van der Waals surface area contributed by atoms with Crippen molar-refractivity contribution in [2.24, 2.45) is 0 Å². The highest BCUT2D eigenvalue weighted by Gasteiger charge is 2.07. The number of aromatic nitrogens is 3. The molecular formula is C10H12N4. The zero-order valence-corrected chi connectivity index (χ0v) is 7.99. The van der Waals surface area contributed by atoms with Gasteiger partial charge in [-0.05, 0) is 19.1 Å². The Morgan fingerprint density at radius 1 is 1.43 bits per heavy atom. The van der Waals surface area contributed by atoms with E-state index in [1.807, 2.05) is 25.1 Å². The van der Waals surface area contributed by atoms with Crippen LogP contribution >= 0.6 is 0 Å². The summed E-state index contributed by atoms with van der Waals surface area (Å²) in [5.74, 6) is 0.563. The quantitative estimate of drug-likeness (QED) is 0.746. The molecule has 0 unspecified atom stereocenters. The number of H-pyrrole nitrogens is 1. The molecule has 2 heterocycles. The number of hydrogen-bond acceptors (Lipinski definition) is 3. The second kappa shape index (κ2) is 3.49. The zero-order chi connectivity index (χ0) is 9.97. The van der Waals surface area contributed by atoms with E-state index in [0.717, 1.165) is 23.4 Å². The number of aromatic amines is 1. The van der Waals surface area contributed by atoms with Crippen LogP contribution in [0, 0.1) is 6.92 Å². The summed E-state index contributed by atoms with van der Waals surface area (Å²) in [7, 11) is 0. The SMILES string of the molecule is Cc1[nH]nc(N)c1Cc1ccccn1. The van der Waals surface area contributed by atoms with E-state index >= 15 is 0 Å². The van der Waals surface area contributed by atoms with Crippen LogP contribution in [0.25, 0.3) is 0 Å². The van der Waals surface area contributed by atoms with Gasteiger partial charge in [-0.1, -0.05) is 6.07 Å². The maximum atomic E-state index is 5.72. The van der Waals surface area contributed by atoms with Crippen LogP contribution in [0.1, 0.15) is 17.0 Å². The molecule has 2 aromatic heterocycles. The van der Waals surface area contributed by atoms with Crippen LogP contribution in [0.4, 0.5) is 5.82 Å². The molecule has 0 radical (unpaired) electrons. The van der Waals surface area contributed by atoms with Crippen molar-refractivity contribution in [3.05, 3.63) is 41.3 Å². The molecule has 0 aromatic carbocycles. The average molecular weight is 188 g/mol. The molecule has 0 aliphatic rings. The maximum absolute atomic E-state index is 5.72. The largest absolute Gasteiger partial charge is 0.382 e. The molecule has 14 heavy (non-hydrogen) atoms. The Labute approximate surface area is 82.2 Å². The number of aryl methyl sites for hydroxylation is 1. The van der Waals surface area contributed by atoms with Gasteiger partial charge in [0.2, 0.25) is 0 Å². The average Bonchev–Trinajstić information content (AvgIpc) is 2.51. The lowest BCUT2D eigenvalue weighted by atomic mass is 10.1. The fraction of sp³-hybridized carbons (Fsp3) is 0.200. The summed E-state index contributed by atoms with van der Waals surface area (Å²) < 4.78 is 0. The van der Waals surface area contributed by atoms with Gasteiger partial charge in [0, 0.05) is 29.6 Å². The van der Waals surface area contributed by atoms with E-state index in [-0.39, 0.29) is 0 Å². The first kappa shape index (κ1) is 8.74. The minimum absolute atomic E-state index is 0.563. The maximum Gasteiger partial charge on any atom is 0.149 e. The molecule has 0 aliphatic heterocycles. The molecule has 0 saturated heterocycles. The van der Waals surface area contributed by atoms with Crippen molar-refractivity contribution >= 4 is 5.82 Å². The summed E-state index contributed by atoms with van der Waals surface area (Å²) in [6, 6.07) is 5.84. The number of pyridine rings is 1. The number of rotatable bonds is 2. The van der Waals surface area contributed by atoms with Gasteiger partial charge in [0.1, 0.15) is 5.82 Å². The van der Waals surface area contributed by atoms with Gasteiger partial charge in [-0.15, -0.1) is 0 Å². The van der Waals surface area contributed by atoms with E-state index in [4.69, 9.17) is 5.73 Å². The van der Waals surface area contributed by atoms with Crippen molar-refractivity contribution in [1.82, 2.24) is 15.2 Å². The molecule has 0 amide bonds. The lowest BCUT2D eigenvalue weighted by Gasteiger charge is -1.99. The van der Waals surface area contributed by atoms with E-state index in [0.29, 0.717) is 5.82 Å². The fourth-order valence-corrected chi connectivity index (χ4v) is 1.38. The predicted molar refractivity (Wildman–Crippen MR) is 54.8 cm³/mol. The van der Waals surface area contributed by atoms with E-state index in [1.165, 1.54) is 0 Å². The van der Waals surface area contributed by atoms with Gasteiger partial charge >= 0.3 is 0 Å². The summed E-state index contributed by atoms with van der Waals surface area (Å²) >= 11 is 0. The Morgan fingerprint density at radius 3 is 2.86 bits per heavy atom. The Hall–Kier alpha value is -1.84. The van der Waals surface area contributed by atoms with Gasteiger partial charge in [-0.2, -0.15) is 5.10 Å². The van der Waals surface area contributed by atoms with Crippen molar-refractivity contribution in [3.63, 3.8) is 0 Å². The van der Waals surface area contributed by atoms with Crippen molar-refractivity contribution in [2.75, 3.05) is 5.73 Å². The van der Waals surface area contributed by atoms with E-state index < -0.39 is 0 Å². The Bertz CT molecular complexity index is 399. The highest BCUT2D eigenvalue weighted by molar-refractivity contribution is 5.43. The smallest absolute Gasteiger partial charge is 0.149 e. The van der Waals surface area contributed by atoms with E-state index in [9.17, 15) is 0 Å². The third-order valence-corrected chi connectivity index (χ3v) is 2.19. The topological polar surface area (TPSA) is 67.6 Å². The van der Waals surface area contributed by atoms with Gasteiger partial charge in [0.05, 0.1) is 0 Å². The molecule has 0 bridgehead atoms. The molecule has 4 heteroatoms. The Kier molecular flexibility index (Phi) is 2.18. The first-order valence-corrected chi connectivity index (χ1v) is 4.46. The molecule has 0 spiro atoms. The highest BCUT2D eigenvalue weighted by Crippen LogP contribution is 2.15. The second-order valence-corrected chi connectivity index (χ2v) is 3.21. The fourth-order valence-electron chi connectivity index (χ4n) is 1.38. The number of nitrogens with zero attached hydrogens (tertiary/aromatic N) is 2. The molecular weight excluding hydrogens is 176 g/mol. The Balaban J connectivity index is 2.27. The molecule has 72 valence electrons. The van der Waals surface area contributed by atoms with Crippen LogP contribution in [0.5, 0.6) is 0 Å². The van der Waals surface area contributed by atoms with Crippen molar-refractivity contribution < 1.29 is 0 Å². The Morgan fingerprint density at radius 2 is 2.29 bits per heavy atom. The summed E-state index contributed by atoms with van der Waals surface area (Å²) in [4.78, 5) is 4.24. The van der Waals surface area contributed by atoms with Crippen LogP contribution in [0.15, 0.2) is 24.4 Å². The second-order valence-electron chi connectivity index (χ2n) is 3.21. The van der Waals surface area contributed by atoms with Crippen LogP contribution in [-0.4, -0.2) is 15.2 Å². The number of hydrogen-bond donors (Lipinski definition) is 2. The third-order valence-electron chi connectivity index (χ3n) is 2.19. The number of nitrogens with one attached hydrogen (secondary N) is 1. The summed E-state index contributed by atoms with van der Waals surface area (Å²) in [5.41, 5.74) is 8.76. The predicted octanol–water partition coefficient (Wildman–Crippen LogP) is 1.29. The van der Waals surface area contributed by atoms with Crippen molar-refractivity contribution in [3.8, 4) is 0 Å². The number of anilines is 1. The number of nitrogen functional groups attached to an aromatic ring is 1. The first-order chi connectivity index (χ1) is 6.77. The standard InChI is InChI=1S/C10H12N4/c1-7-9(10(11)14-13-7)6-8-4-2-3-5-12-8/h2-5H,6H2,1H3,(H3,11,13,14). The zero-order valence-electron chi connectivity index (χ0n) is 7.99. The highest BCUT2D eigenvalue weighted by atomic mass is 15.2. The minimum Gasteiger partial charge on any atom is -0.382 e. The van der Waals surface area contributed by atoms with Gasteiger partial charge in [0.15, 0.2) is 0 Å². The molecule has 3 N–H and O–H groups in total. The third kappa shape index (κ3) is 1.59. The molecule has 0 saturated carbocycles. The first-order valence-electron chi connectivity index (χ1n) is 4.46. The van der Waals surface area contributed by atoms with Gasteiger partial charge < -0.3 is 5.73 Å². The van der Waals surface area contributed by atoms with E-state index in [1.54, 1.807) is 6.20 Å². The molecule has 0 atom stereocenters. The van der Waals surface area contributed by atoms with Crippen molar-refractivity contribution in [2.45, 2.75) is 13.3 Å².